The highest BCUT2D eigenvalue weighted by atomic mass is 35.5. The van der Waals surface area contributed by atoms with E-state index >= 15 is 0 Å². The molecule has 2 aromatic carbocycles. The maximum atomic E-state index is 12.1. The smallest absolute Gasteiger partial charge is 0.228 e. The van der Waals surface area contributed by atoms with E-state index in [9.17, 15) is 13.2 Å². The molecule has 0 radical (unpaired) electrons. The van der Waals surface area contributed by atoms with Crippen molar-refractivity contribution in [2.24, 2.45) is 5.92 Å². The summed E-state index contributed by atoms with van der Waals surface area (Å²) in [7, 11) is -3.33. The highest BCUT2D eigenvalue weighted by Gasteiger charge is 2.29. The Bertz CT molecular complexity index is 1150. The minimum atomic E-state index is -3.33. The van der Waals surface area contributed by atoms with E-state index in [0.29, 0.717) is 27.4 Å². The van der Waals surface area contributed by atoms with Gasteiger partial charge in [0.05, 0.1) is 21.2 Å². The Hall–Kier alpha value is -2.38. The number of carbonyl (C=O) groups is 1. The van der Waals surface area contributed by atoms with Crippen LogP contribution in [0.3, 0.4) is 0 Å². The fraction of sp³-hybridized carbons (Fsp3) is 0.263. The summed E-state index contributed by atoms with van der Waals surface area (Å²) in [6, 6.07) is 9.68. The Morgan fingerprint density at radius 2 is 2.04 bits per heavy atom. The number of benzene rings is 2. The Morgan fingerprint density at radius 3 is 2.74 bits per heavy atom. The van der Waals surface area contributed by atoms with Gasteiger partial charge in [-0.1, -0.05) is 18.5 Å². The number of nitrogens with one attached hydrogen (secondary N) is 1. The van der Waals surface area contributed by atoms with Gasteiger partial charge in [0.2, 0.25) is 11.8 Å². The van der Waals surface area contributed by atoms with Crippen LogP contribution in [0.2, 0.25) is 5.02 Å². The lowest BCUT2D eigenvalue weighted by Crippen LogP contribution is -2.13. The minimum Gasteiger partial charge on any atom is -0.436 e. The topological polar surface area (TPSA) is 89.3 Å². The van der Waals surface area contributed by atoms with Crippen molar-refractivity contribution in [1.29, 1.82) is 0 Å². The summed E-state index contributed by atoms with van der Waals surface area (Å²) >= 11 is 6.29. The van der Waals surface area contributed by atoms with Gasteiger partial charge in [-0.05, 0) is 49.2 Å². The number of halogens is 1. The number of fused-ring (bicyclic) bond motifs is 1. The van der Waals surface area contributed by atoms with Gasteiger partial charge >= 0.3 is 0 Å². The van der Waals surface area contributed by atoms with Crippen LogP contribution in [0.1, 0.15) is 19.8 Å². The quantitative estimate of drug-likeness (QED) is 0.685. The molecule has 1 saturated carbocycles. The number of carbonyl (C=O) groups excluding carboxylic acids is 1. The summed E-state index contributed by atoms with van der Waals surface area (Å²) in [5.74, 6) is 0.365. The van der Waals surface area contributed by atoms with Crippen LogP contribution in [0, 0.1) is 5.92 Å². The zero-order valence-electron chi connectivity index (χ0n) is 14.5. The summed E-state index contributed by atoms with van der Waals surface area (Å²) in [5.41, 5.74) is 2.04. The van der Waals surface area contributed by atoms with Gasteiger partial charge in [0.25, 0.3) is 0 Å². The van der Waals surface area contributed by atoms with E-state index in [4.69, 9.17) is 16.0 Å². The number of amides is 1. The molecule has 0 unspecified atom stereocenters. The molecule has 1 aliphatic rings. The van der Waals surface area contributed by atoms with E-state index in [1.807, 2.05) is 0 Å². The first kappa shape index (κ1) is 18.0. The Labute approximate surface area is 161 Å². The third kappa shape index (κ3) is 3.57. The average molecular weight is 405 g/mol. The predicted molar refractivity (Wildman–Crippen MR) is 104 cm³/mol. The van der Waals surface area contributed by atoms with Crippen LogP contribution in [0.25, 0.3) is 22.6 Å². The SMILES string of the molecule is CCS(=O)(=O)c1ccc2oc(-c3cc(NC(=O)C4CC4)ccc3Cl)nc2c1. The van der Waals surface area contributed by atoms with E-state index in [1.165, 1.54) is 12.1 Å². The fourth-order valence-corrected chi connectivity index (χ4v) is 3.84. The number of oxazole rings is 1. The molecule has 6 nitrogen and oxygen atoms in total. The van der Waals surface area contributed by atoms with Crippen molar-refractivity contribution in [2.45, 2.75) is 24.7 Å². The monoisotopic (exact) mass is 404 g/mol. The van der Waals surface area contributed by atoms with Crippen molar-refractivity contribution in [1.82, 2.24) is 4.98 Å². The van der Waals surface area contributed by atoms with Crippen molar-refractivity contribution in [3.63, 3.8) is 0 Å². The molecule has 8 heteroatoms. The number of nitrogens with zero attached hydrogens (tertiary/aromatic N) is 1. The first-order valence-corrected chi connectivity index (χ1v) is 10.6. The molecule has 1 fully saturated rings. The van der Waals surface area contributed by atoms with Crippen molar-refractivity contribution < 1.29 is 17.6 Å². The van der Waals surface area contributed by atoms with Gasteiger partial charge in [-0.3, -0.25) is 4.79 Å². The fourth-order valence-electron chi connectivity index (χ4n) is 2.74. The summed E-state index contributed by atoms with van der Waals surface area (Å²) in [5, 5.41) is 3.29. The molecule has 1 N–H and O–H groups in total. The van der Waals surface area contributed by atoms with E-state index in [2.05, 4.69) is 10.3 Å². The zero-order chi connectivity index (χ0) is 19.2. The van der Waals surface area contributed by atoms with Gasteiger partial charge < -0.3 is 9.73 Å². The molecule has 3 aromatic rings. The number of hydrogen-bond donors (Lipinski definition) is 1. The molecule has 1 aromatic heterocycles. The van der Waals surface area contributed by atoms with E-state index < -0.39 is 9.84 Å². The largest absolute Gasteiger partial charge is 0.436 e. The first-order valence-electron chi connectivity index (χ1n) is 8.61. The summed E-state index contributed by atoms with van der Waals surface area (Å²) in [6.07, 6.45) is 1.83. The lowest BCUT2D eigenvalue weighted by Gasteiger charge is -2.06. The first-order chi connectivity index (χ1) is 12.9. The van der Waals surface area contributed by atoms with Crippen molar-refractivity contribution >= 4 is 44.1 Å². The Kier molecular flexibility index (Phi) is 4.44. The van der Waals surface area contributed by atoms with Crippen molar-refractivity contribution in [3.8, 4) is 11.5 Å². The summed E-state index contributed by atoms with van der Waals surface area (Å²) < 4.78 is 29.9. The van der Waals surface area contributed by atoms with Crippen LogP contribution >= 0.6 is 11.6 Å². The zero-order valence-corrected chi connectivity index (χ0v) is 16.1. The second-order valence-electron chi connectivity index (χ2n) is 6.51. The molecule has 140 valence electrons. The molecule has 1 aliphatic carbocycles. The van der Waals surface area contributed by atoms with Crippen molar-refractivity contribution in [2.75, 3.05) is 11.1 Å². The number of hydrogen-bond acceptors (Lipinski definition) is 5. The van der Waals surface area contributed by atoms with Crippen LogP contribution in [-0.4, -0.2) is 25.1 Å². The molecule has 1 heterocycles. The second-order valence-corrected chi connectivity index (χ2v) is 9.20. The van der Waals surface area contributed by atoms with Crippen LogP contribution < -0.4 is 5.32 Å². The standard InChI is InChI=1S/C19H17ClN2O4S/c1-2-27(24,25)13-6-8-17-16(10-13)22-19(26-17)14-9-12(5-7-15(14)20)21-18(23)11-3-4-11/h5-11H,2-4H2,1H3,(H,21,23). The minimum absolute atomic E-state index is 0.00440. The third-order valence-electron chi connectivity index (χ3n) is 4.51. The Balaban J connectivity index is 1.72. The van der Waals surface area contributed by atoms with Gasteiger partial charge in [-0.15, -0.1) is 0 Å². The maximum absolute atomic E-state index is 12.1. The van der Waals surface area contributed by atoms with E-state index in [0.717, 1.165) is 12.8 Å². The molecular formula is C19H17ClN2O4S. The molecule has 0 bridgehead atoms. The molecule has 0 atom stereocenters. The molecule has 4 rings (SSSR count). The number of rotatable bonds is 5. The van der Waals surface area contributed by atoms with Crippen molar-refractivity contribution in [3.05, 3.63) is 41.4 Å². The molecule has 1 amide bonds. The van der Waals surface area contributed by atoms with Gasteiger partial charge in [0.15, 0.2) is 15.4 Å². The lowest BCUT2D eigenvalue weighted by atomic mass is 10.2. The summed E-state index contributed by atoms with van der Waals surface area (Å²) in [6.45, 7) is 1.59. The van der Waals surface area contributed by atoms with Gasteiger partial charge in [-0.2, -0.15) is 0 Å². The van der Waals surface area contributed by atoms with Crippen LogP contribution in [-0.2, 0) is 14.6 Å². The van der Waals surface area contributed by atoms with Gasteiger partial charge in [-0.25, -0.2) is 13.4 Å². The normalized spacial score (nSPS) is 14.4. The molecule has 27 heavy (non-hydrogen) atoms. The summed E-state index contributed by atoms with van der Waals surface area (Å²) in [4.78, 5) is 16.6. The highest BCUT2D eigenvalue weighted by molar-refractivity contribution is 7.91. The Morgan fingerprint density at radius 1 is 1.26 bits per heavy atom. The third-order valence-corrected chi connectivity index (χ3v) is 6.57. The van der Waals surface area contributed by atoms with Crippen LogP contribution in [0.4, 0.5) is 5.69 Å². The molecule has 0 spiro atoms. The molecule has 0 saturated heterocycles. The van der Waals surface area contributed by atoms with Crippen LogP contribution in [0.5, 0.6) is 0 Å². The number of aromatic nitrogens is 1. The van der Waals surface area contributed by atoms with E-state index in [-0.39, 0.29) is 28.4 Å². The average Bonchev–Trinajstić information content (AvgIpc) is 3.42. The number of sulfone groups is 1. The highest BCUT2D eigenvalue weighted by Crippen LogP contribution is 2.34. The van der Waals surface area contributed by atoms with E-state index in [1.54, 1.807) is 31.2 Å². The molecule has 0 aliphatic heterocycles. The lowest BCUT2D eigenvalue weighted by molar-refractivity contribution is -0.117. The van der Waals surface area contributed by atoms with Gasteiger partial charge in [0, 0.05) is 11.6 Å². The van der Waals surface area contributed by atoms with Crippen LogP contribution in [0.15, 0.2) is 45.7 Å². The van der Waals surface area contributed by atoms with Gasteiger partial charge in [0.1, 0.15) is 5.52 Å². The predicted octanol–water partition coefficient (Wildman–Crippen LogP) is 4.29. The maximum Gasteiger partial charge on any atom is 0.228 e. The second kappa shape index (κ2) is 6.65. The molecular weight excluding hydrogens is 388 g/mol. The number of anilines is 1.